The number of carboxylic acids is 1. The number of aliphatic carboxylic acids is 1. The summed E-state index contributed by atoms with van der Waals surface area (Å²) in [6.07, 6.45) is 7.24. The topological polar surface area (TPSA) is 98.3 Å². The highest BCUT2D eigenvalue weighted by Gasteiger charge is 2.29. The van der Waals surface area contributed by atoms with Crippen molar-refractivity contribution >= 4 is 12.0 Å². The van der Waals surface area contributed by atoms with E-state index < -0.39 is 12.0 Å². The number of carbonyl (C=O) groups is 2. The lowest BCUT2D eigenvalue weighted by Gasteiger charge is -2.35. The highest BCUT2D eigenvalue weighted by Crippen LogP contribution is 2.19. The van der Waals surface area contributed by atoms with Crippen molar-refractivity contribution in [2.45, 2.75) is 51.1 Å². The summed E-state index contributed by atoms with van der Waals surface area (Å²) in [4.78, 5) is 32.1. The van der Waals surface area contributed by atoms with Crippen LogP contribution in [-0.4, -0.2) is 50.6 Å². The molecule has 1 aromatic rings. The Bertz CT molecular complexity index is 475. The SMILES string of the molecule is CCC1CCCCN1C(=O)NC(Cc1cnc[nH]1)C(=O)O. The van der Waals surface area contributed by atoms with Crippen LogP contribution >= 0.6 is 0 Å². The van der Waals surface area contributed by atoms with Crippen molar-refractivity contribution in [3.05, 3.63) is 18.2 Å². The van der Waals surface area contributed by atoms with Crippen molar-refractivity contribution in [3.63, 3.8) is 0 Å². The number of rotatable bonds is 5. The number of H-pyrrole nitrogens is 1. The van der Waals surface area contributed by atoms with E-state index in [4.69, 9.17) is 0 Å². The van der Waals surface area contributed by atoms with Gasteiger partial charge in [-0.25, -0.2) is 14.6 Å². The van der Waals surface area contributed by atoms with Gasteiger partial charge in [-0.15, -0.1) is 0 Å². The van der Waals surface area contributed by atoms with Crippen LogP contribution in [0.2, 0.25) is 0 Å². The summed E-state index contributed by atoms with van der Waals surface area (Å²) in [5.74, 6) is -1.04. The second-order valence-electron chi connectivity index (χ2n) is 5.37. The smallest absolute Gasteiger partial charge is 0.326 e. The number of aromatic nitrogens is 2. The first kappa shape index (κ1) is 15.3. The number of imidazole rings is 1. The highest BCUT2D eigenvalue weighted by molar-refractivity contribution is 5.83. The fraction of sp³-hybridized carbons (Fsp3) is 0.643. The zero-order valence-electron chi connectivity index (χ0n) is 12.2. The third-order valence-corrected chi connectivity index (χ3v) is 3.93. The molecule has 1 aliphatic heterocycles. The van der Waals surface area contributed by atoms with Gasteiger partial charge in [0.15, 0.2) is 0 Å². The molecule has 1 aliphatic rings. The van der Waals surface area contributed by atoms with E-state index >= 15 is 0 Å². The maximum atomic E-state index is 12.3. The van der Waals surface area contributed by atoms with Gasteiger partial charge >= 0.3 is 12.0 Å². The van der Waals surface area contributed by atoms with Gasteiger partial charge in [0.05, 0.1) is 6.33 Å². The molecule has 7 nitrogen and oxygen atoms in total. The summed E-state index contributed by atoms with van der Waals surface area (Å²) >= 11 is 0. The predicted octanol–water partition coefficient (Wildman–Crippen LogP) is 1.38. The Morgan fingerprint density at radius 3 is 3.00 bits per heavy atom. The van der Waals surface area contributed by atoms with E-state index in [1.165, 1.54) is 6.33 Å². The van der Waals surface area contributed by atoms with Crippen LogP contribution in [0, 0.1) is 0 Å². The third kappa shape index (κ3) is 3.96. The van der Waals surface area contributed by atoms with E-state index in [9.17, 15) is 14.7 Å². The molecule has 0 spiro atoms. The van der Waals surface area contributed by atoms with E-state index in [0.29, 0.717) is 12.2 Å². The number of piperidine rings is 1. The van der Waals surface area contributed by atoms with Crippen LogP contribution in [0.1, 0.15) is 38.3 Å². The van der Waals surface area contributed by atoms with Crippen molar-refractivity contribution in [1.29, 1.82) is 0 Å². The maximum Gasteiger partial charge on any atom is 0.326 e. The molecule has 2 heterocycles. The number of carbonyl (C=O) groups excluding carboxylic acids is 1. The van der Waals surface area contributed by atoms with Gasteiger partial charge in [0.25, 0.3) is 0 Å². The summed E-state index contributed by atoms with van der Waals surface area (Å²) in [7, 11) is 0. The number of amides is 2. The number of carboxylic acid groups (broad SMARTS) is 1. The zero-order chi connectivity index (χ0) is 15.2. The maximum absolute atomic E-state index is 12.3. The number of urea groups is 1. The molecular formula is C14H22N4O3. The van der Waals surface area contributed by atoms with Gasteiger partial charge in [-0.05, 0) is 25.7 Å². The first-order valence-corrected chi connectivity index (χ1v) is 7.39. The molecule has 2 unspecified atom stereocenters. The van der Waals surface area contributed by atoms with Crippen molar-refractivity contribution in [2.24, 2.45) is 0 Å². The molecule has 2 amide bonds. The molecule has 0 bridgehead atoms. The minimum absolute atomic E-state index is 0.200. The third-order valence-electron chi connectivity index (χ3n) is 3.93. The molecule has 2 atom stereocenters. The molecule has 7 heteroatoms. The Kier molecular flexibility index (Phi) is 5.19. The first-order chi connectivity index (χ1) is 10.1. The van der Waals surface area contributed by atoms with Crippen molar-refractivity contribution in [2.75, 3.05) is 6.54 Å². The minimum atomic E-state index is -1.04. The second-order valence-corrected chi connectivity index (χ2v) is 5.37. The van der Waals surface area contributed by atoms with Gasteiger partial charge < -0.3 is 20.3 Å². The van der Waals surface area contributed by atoms with E-state index in [2.05, 4.69) is 22.2 Å². The predicted molar refractivity (Wildman–Crippen MR) is 76.9 cm³/mol. The van der Waals surface area contributed by atoms with Crippen LogP contribution in [0.15, 0.2) is 12.5 Å². The monoisotopic (exact) mass is 294 g/mol. The van der Waals surface area contributed by atoms with Crippen LogP contribution in [0.5, 0.6) is 0 Å². The molecule has 2 rings (SSSR count). The Hall–Kier alpha value is -2.05. The Morgan fingerprint density at radius 2 is 2.38 bits per heavy atom. The molecule has 0 aromatic carbocycles. The number of likely N-dealkylation sites (tertiary alicyclic amines) is 1. The van der Waals surface area contributed by atoms with Crippen molar-refractivity contribution in [1.82, 2.24) is 20.2 Å². The summed E-state index contributed by atoms with van der Waals surface area (Å²) in [5.41, 5.74) is 0.688. The van der Waals surface area contributed by atoms with E-state index in [1.807, 2.05) is 0 Å². The van der Waals surface area contributed by atoms with Crippen LogP contribution in [0.3, 0.4) is 0 Å². The molecule has 0 radical (unpaired) electrons. The zero-order valence-corrected chi connectivity index (χ0v) is 12.2. The molecule has 116 valence electrons. The van der Waals surface area contributed by atoms with Crippen molar-refractivity contribution < 1.29 is 14.7 Å². The van der Waals surface area contributed by atoms with Gasteiger partial charge in [-0.3, -0.25) is 0 Å². The number of hydrogen-bond donors (Lipinski definition) is 3. The number of hydrogen-bond acceptors (Lipinski definition) is 3. The largest absolute Gasteiger partial charge is 0.480 e. The molecule has 21 heavy (non-hydrogen) atoms. The van der Waals surface area contributed by atoms with Crippen LogP contribution in [0.4, 0.5) is 4.79 Å². The van der Waals surface area contributed by atoms with Gasteiger partial charge in [-0.1, -0.05) is 6.92 Å². The Labute approximate surface area is 123 Å². The molecule has 0 saturated carbocycles. The molecular weight excluding hydrogens is 272 g/mol. The van der Waals surface area contributed by atoms with Crippen molar-refractivity contribution in [3.8, 4) is 0 Å². The number of nitrogens with one attached hydrogen (secondary N) is 2. The fourth-order valence-corrected chi connectivity index (χ4v) is 2.74. The Morgan fingerprint density at radius 1 is 1.57 bits per heavy atom. The normalized spacial score (nSPS) is 20.0. The Balaban J connectivity index is 1.98. The lowest BCUT2D eigenvalue weighted by molar-refractivity contribution is -0.139. The second kappa shape index (κ2) is 7.10. The first-order valence-electron chi connectivity index (χ1n) is 7.39. The van der Waals surface area contributed by atoms with Gasteiger partial charge in [0.1, 0.15) is 6.04 Å². The van der Waals surface area contributed by atoms with E-state index in [0.717, 1.165) is 25.7 Å². The summed E-state index contributed by atoms with van der Waals surface area (Å²) in [6, 6.07) is -1.02. The van der Waals surface area contributed by atoms with Gasteiger partial charge in [0, 0.05) is 30.9 Å². The van der Waals surface area contributed by atoms with Gasteiger partial charge in [-0.2, -0.15) is 0 Å². The molecule has 1 aromatic heterocycles. The van der Waals surface area contributed by atoms with E-state index in [-0.39, 0.29) is 18.5 Å². The average molecular weight is 294 g/mol. The van der Waals surface area contributed by atoms with E-state index in [1.54, 1.807) is 11.1 Å². The average Bonchev–Trinajstić information content (AvgIpc) is 2.99. The lowest BCUT2D eigenvalue weighted by atomic mass is 10.0. The van der Waals surface area contributed by atoms with Crippen LogP contribution < -0.4 is 5.32 Å². The summed E-state index contributed by atoms with van der Waals surface area (Å²) in [6.45, 7) is 2.75. The number of aromatic amines is 1. The lowest BCUT2D eigenvalue weighted by Crippen LogP contribution is -2.53. The van der Waals surface area contributed by atoms with Gasteiger partial charge in [0.2, 0.25) is 0 Å². The molecule has 0 aliphatic carbocycles. The number of nitrogens with zero attached hydrogens (tertiary/aromatic N) is 2. The molecule has 3 N–H and O–H groups in total. The molecule has 1 saturated heterocycles. The fourth-order valence-electron chi connectivity index (χ4n) is 2.74. The summed E-state index contributed by atoms with van der Waals surface area (Å²) < 4.78 is 0. The van der Waals surface area contributed by atoms with Crippen LogP contribution in [0.25, 0.3) is 0 Å². The highest BCUT2D eigenvalue weighted by atomic mass is 16.4. The standard InChI is InChI=1S/C14H22N4O3/c1-2-11-5-3-4-6-18(11)14(21)17-12(13(19)20)7-10-8-15-9-16-10/h8-9,11-12H,2-7H2,1H3,(H,15,16)(H,17,21)(H,19,20). The van der Waals surface area contributed by atoms with Crippen LogP contribution in [-0.2, 0) is 11.2 Å². The quantitative estimate of drug-likeness (QED) is 0.764. The minimum Gasteiger partial charge on any atom is -0.480 e. The molecule has 1 fully saturated rings. The summed E-state index contributed by atoms with van der Waals surface area (Å²) in [5, 5.41) is 11.9.